The van der Waals surface area contributed by atoms with E-state index in [4.69, 9.17) is 4.74 Å². The molecule has 0 bridgehead atoms. The first kappa shape index (κ1) is 16.9. The summed E-state index contributed by atoms with van der Waals surface area (Å²) in [5, 5.41) is 0. The van der Waals surface area contributed by atoms with Crippen LogP contribution in [0.4, 0.5) is 0 Å². The van der Waals surface area contributed by atoms with Gasteiger partial charge in [-0.1, -0.05) is 35.4 Å². The third kappa shape index (κ3) is 6.21. The number of aldehydes is 1. The molecular weight excluding hydrogens is 264 g/mol. The maximum absolute atomic E-state index is 11.9. The Hall–Kier alpha value is -2.16. The molecule has 0 unspecified atom stereocenters. The maximum Gasteiger partial charge on any atom is 0.339 e. The van der Waals surface area contributed by atoms with Crippen LogP contribution in [0.25, 0.3) is 0 Å². The van der Waals surface area contributed by atoms with Crippen molar-refractivity contribution in [3.8, 4) is 0 Å². The van der Waals surface area contributed by atoms with Gasteiger partial charge in [0.15, 0.2) is 6.29 Å². The molecule has 112 valence electrons. The van der Waals surface area contributed by atoms with Gasteiger partial charge in [-0.2, -0.15) is 0 Å². The lowest BCUT2D eigenvalue weighted by molar-refractivity contribution is 0.0546. The zero-order chi connectivity index (χ0) is 15.7. The minimum absolute atomic E-state index is 0.229. The minimum Gasteiger partial charge on any atom is -0.458 e. The molecule has 0 radical (unpaired) electrons. The quantitative estimate of drug-likeness (QED) is 0.425. The summed E-state index contributed by atoms with van der Waals surface area (Å²) < 4.78 is 5.18. The number of carbonyl (C=O) groups excluding carboxylic acids is 2. The Morgan fingerprint density at radius 3 is 2.52 bits per heavy atom. The third-order valence-electron chi connectivity index (χ3n) is 3.05. The van der Waals surface area contributed by atoms with Crippen molar-refractivity contribution in [2.45, 2.75) is 33.6 Å². The fourth-order valence-electron chi connectivity index (χ4n) is 1.81. The lowest BCUT2D eigenvalue weighted by atomic mass is 10.1. The second-order valence-corrected chi connectivity index (χ2v) is 5.17. The molecule has 0 saturated heterocycles. The van der Waals surface area contributed by atoms with Crippen molar-refractivity contribution in [3.63, 3.8) is 0 Å². The monoisotopic (exact) mass is 286 g/mol. The Morgan fingerprint density at radius 2 is 1.86 bits per heavy atom. The Bertz CT molecular complexity index is 549. The van der Waals surface area contributed by atoms with Gasteiger partial charge in [0.1, 0.15) is 6.61 Å². The SMILES string of the molecule is CC(C)=CCC/C(C)=C\COC(=O)c1ccccc1C=O. The summed E-state index contributed by atoms with van der Waals surface area (Å²) in [7, 11) is 0. The van der Waals surface area contributed by atoms with Gasteiger partial charge in [0.25, 0.3) is 0 Å². The molecule has 0 aliphatic carbocycles. The van der Waals surface area contributed by atoms with Crippen LogP contribution in [0, 0.1) is 0 Å². The molecular formula is C18H22O3. The van der Waals surface area contributed by atoms with Crippen LogP contribution in [0.2, 0.25) is 0 Å². The molecule has 3 heteroatoms. The molecule has 0 amide bonds. The van der Waals surface area contributed by atoms with Crippen LogP contribution in [0.5, 0.6) is 0 Å². The number of benzene rings is 1. The number of allylic oxidation sites excluding steroid dienone is 3. The summed E-state index contributed by atoms with van der Waals surface area (Å²) in [4.78, 5) is 22.8. The van der Waals surface area contributed by atoms with E-state index in [9.17, 15) is 9.59 Å². The molecule has 0 fully saturated rings. The molecule has 0 aliphatic rings. The highest BCUT2D eigenvalue weighted by atomic mass is 16.5. The van der Waals surface area contributed by atoms with Crippen LogP contribution in [0.15, 0.2) is 47.6 Å². The molecule has 0 aliphatic heterocycles. The lowest BCUT2D eigenvalue weighted by Gasteiger charge is -2.05. The van der Waals surface area contributed by atoms with Crippen molar-refractivity contribution in [3.05, 3.63) is 58.7 Å². The molecule has 0 heterocycles. The van der Waals surface area contributed by atoms with E-state index in [1.165, 1.54) is 11.1 Å². The van der Waals surface area contributed by atoms with E-state index in [2.05, 4.69) is 19.9 Å². The predicted molar refractivity (Wildman–Crippen MR) is 84.5 cm³/mol. The average Bonchev–Trinajstić information content (AvgIpc) is 2.46. The first-order chi connectivity index (χ1) is 10.0. The van der Waals surface area contributed by atoms with E-state index in [1.807, 2.05) is 13.0 Å². The van der Waals surface area contributed by atoms with Crippen molar-refractivity contribution < 1.29 is 14.3 Å². The van der Waals surface area contributed by atoms with Crippen LogP contribution >= 0.6 is 0 Å². The number of ether oxygens (including phenoxy) is 1. The zero-order valence-corrected chi connectivity index (χ0v) is 12.9. The largest absolute Gasteiger partial charge is 0.458 e. The molecule has 0 aromatic heterocycles. The Labute approximate surface area is 126 Å². The van der Waals surface area contributed by atoms with Gasteiger partial charge in [-0.05, 0) is 45.8 Å². The Kier molecular flexibility index (Phi) is 7.16. The summed E-state index contributed by atoms with van der Waals surface area (Å²) >= 11 is 0. The number of esters is 1. The van der Waals surface area contributed by atoms with Gasteiger partial charge in [-0.15, -0.1) is 0 Å². The van der Waals surface area contributed by atoms with Gasteiger partial charge in [0, 0.05) is 5.56 Å². The van der Waals surface area contributed by atoms with Gasteiger partial charge in [-0.3, -0.25) is 4.79 Å². The third-order valence-corrected chi connectivity index (χ3v) is 3.05. The minimum atomic E-state index is -0.467. The van der Waals surface area contributed by atoms with E-state index < -0.39 is 5.97 Å². The standard InChI is InChI=1S/C18H22O3/c1-14(2)7-6-8-15(3)11-12-21-18(20)17-10-5-4-9-16(17)13-19/h4-5,7,9-11,13H,6,8,12H2,1-3H3/b15-11-. The van der Waals surface area contributed by atoms with Crippen LogP contribution in [0.3, 0.4) is 0 Å². The smallest absolute Gasteiger partial charge is 0.339 e. The van der Waals surface area contributed by atoms with Crippen molar-refractivity contribution in [1.82, 2.24) is 0 Å². The highest BCUT2D eigenvalue weighted by molar-refractivity contribution is 5.98. The second kappa shape index (κ2) is 8.90. The fraction of sp³-hybridized carbons (Fsp3) is 0.333. The number of rotatable bonds is 7. The highest BCUT2D eigenvalue weighted by Crippen LogP contribution is 2.09. The summed E-state index contributed by atoms with van der Waals surface area (Å²) in [6.07, 6.45) is 6.70. The first-order valence-corrected chi connectivity index (χ1v) is 7.05. The molecule has 0 N–H and O–H groups in total. The van der Waals surface area contributed by atoms with Gasteiger partial charge in [0.2, 0.25) is 0 Å². The molecule has 1 aromatic carbocycles. The topological polar surface area (TPSA) is 43.4 Å². The normalized spacial score (nSPS) is 10.9. The zero-order valence-electron chi connectivity index (χ0n) is 12.9. The summed E-state index contributed by atoms with van der Waals surface area (Å²) in [5.41, 5.74) is 3.15. The number of hydrogen-bond donors (Lipinski definition) is 0. The Morgan fingerprint density at radius 1 is 1.14 bits per heavy atom. The molecule has 0 spiro atoms. The van der Waals surface area contributed by atoms with Crippen molar-refractivity contribution in [2.24, 2.45) is 0 Å². The van der Waals surface area contributed by atoms with Gasteiger partial charge in [0.05, 0.1) is 5.56 Å². The van der Waals surface area contributed by atoms with E-state index in [0.717, 1.165) is 12.8 Å². The summed E-state index contributed by atoms with van der Waals surface area (Å²) in [6.45, 7) is 6.40. The van der Waals surface area contributed by atoms with Crippen LogP contribution in [-0.2, 0) is 4.74 Å². The maximum atomic E-state index is 11.9. The first-order valence-electron chi connectivity index (χ1n) is 7.05. The second-order valence-electron chi connectivity index (χ2n) is 5.17. The Balaban J connectivity index is 2.49. The highest BCUT2D eigenvalue weighted by Gasteiger charge is 2.10. The van der Waals surface area contributed by atoms with Gasteiger partial charge in [-0.25, -0.2) is 4.79 Å². The molecule has 21 heavy (non-hydrogen) atoms. The molecule has 1 rings (SSSR count). The van der Waals surface area contributed by atoms with Crippen LogP contribution < -0.4 is 0 Å². The van der Waals surface area contributed by atoms with Crippen LogP contribution in [-0.4, -0.2) is 18.9 Å². The number of carbonyl (C=O) groups is 2. The lowest BCUT2D eigenvalue weighted by Crippen LogP contribution is -2.08. The molecule has 1 aromatic rings. The average molecular weight is 286 g/mol. The van der Waals surface area contributed by atoms with Crippen molar-refractivity contribution in [2.75, 3.05) is 6.61 Å². The summed E-state index contributed by atoms with van der Waals surface area (Å²) in [5.74, 6) is -0.467. The van der Waals surface area contributed by atoms with E-state index in [1.54, 1.807) is 24.3 Å². The van der Waals surface area contributed by atoms with E-state index in [-0.39, 0.29) is 6.61 Å². The van der Waals surface area contributed by atoms with Gasteiger partial charge >= 0.3 is 5.97 Å². The van der Waals surface area contributed by atoms with Crippen LogP contribution in [0.1, 0.15) is 54.3 Å². The molecule has 3 nitrogen and oxygen atoms in total. The van der Waals surface area contributed by atoms with E-state index in [0.29, 0.717) is 17.4 Å². The predicted octanol–water partition coefficient (Wildman–Crippen LogP) is 4.35. The van der Waals surface area contributed by atoms with Crippen molar-refractivity contribution in [1.29, 1.82) is 0 Å². The van der Waals surface area contributed by atoms with Gasteiger partial charge < -0.3 is 4.74 Å². The van der Waals surface area contributed by atoms with E-state index >= 15 is 0 Å². The molecule has 0 saturated carbocycles. The summed E-state index contributed by atoms with van der Waals surface area (Å²) in [6, 6.07) is 6.62. The number of hydrogen-bond acceptors (Lipinski definition) is 3. The molecule has 0 atom stereocenters. The van der Waals surface area contributed by atoms with Crippen molar-refractivity contribution >= 4 is 12.3 Å². The fourth-order valence-corrected chi connectivity index (χ4v) is 1.81.